The van der Waals surface area contributed by atoms with Crippen molar-refractivity contribution >= 4 is 27.5 Å². The Hall–Kier alpha value is -2.39. The van der Waals surface area contributed by atoms with Gasteiger partial charge < -0.3 is 10.2 Å². The average Bonchev–Trinajstić information content (AvgIpc) is 2.59. The molecule has 3 aromatic carbocycles. The van der Waals surface area contributed by atoms with Crippen molar-refractivity contribution in [3.63, 3.8) is 0 Å². The number of piperidine rings is 1. The first-order valence-electron chi connectivity index (χ1n) is 8.61. The number of rotatable bonds is 2. The van der Waals surface area contributed by atoms with Crippen LogP contribution in [0.2, 0.25) is 0 Å². The Bertz CT molecular complexity index is 903. The minimum Gasteiger partial charge on any atom is -0.348 e. The van der Waals surface area contributed by atoms with E-state index in [4.69, 9.17) is 0 Å². The van der Waals surface area contributed by atoms with E-state index in [9.17, 15) is 4.79 Å². The van der Waals surface area contributed by atoms with Gasteiger partial charge in [0.25, 0.3) is 5.91 Å². The number of carbonyl (C=O) groups excluding carboxylic acids is 1. The maximum Gasteiger partial charge on any atom is 0.251 e. The van der Waals surface area contributed by atoms with Crippen molar-refractivity contribution in [2.75, 3.05) is 20.1 Å². The van der Waals surface area contributed by atoms with Crippen LogP contribution in [0, 0.1) is 0 Å². The summed E-state index contributed by atoms with van der Waals surface area (Å²) >= 11 is 0. The number of nitrogens with zero attached hydrogens (tertiary/aromatic N) is 1. The first kappa shape index (κ1) is 15.2. The molecule has 0 radical (unpaired) electrons. The van der Waals surface area contributed by atoms with E-state index in [1.807, 2.05) is 24.3 Å². The van der Waals surface area contributed by atoms with Gasteiger partial charge in [-0.1, -0.05) is 30.3 Å². The molecule has 3 nitrogen and oxygen atoms in total. The molecule has 1 N–H and O–H groups in total. The van der Waals surface area contributed by atoms with Crippen molar-refractivity contribution in [1.29, 1.82) is 0 Å². The second kappa shape index (κ2) is 6.25. The molecular weight excluding hydrogens is 296 g/mol. The maximum absolute atomic E-state index is 12.6. The zero-order valence-corrected chi connectivity index (χ0v) is 14.0. The van der Waals surface area contributed by atoms with Crippen LogP contribution in [0.3, 0.4) is 0 Å². The Morgan fingerprint density at radius 1 is 1.00 bits per heavy atom. The molecule has 0 saturated carbocycles. The van der Waals surface area contributed by atoms with Crippen molar-refractivity contribution in [2.24, 2.45) is 0 Å². The molecule has 1 atom stereocenters. The lowest BCUT2D eigenvalue weighted by Gasteiger charge is -2.30. The summed E-state index contributed by atoms with van der Waals surface area (Å²) in [6, 6.07) is 18.9. The fraction of sp³-hybridized carbons (Fsp3) is 0.286. The lowest BCUT2D eigenvalue weighted by Crippen LogP contribution is -2.46. The summed E-state index contributed by atoms with van der Waals surface area (Å²) in [4.78, 5) is 14.9. The third kappa shape index (κ3) is 3.00. The second-order valence-electron chi connectivity index (χ2n) is 6.84. The van der Waals surface area contributed by atoms with Crippen LogP contribution in [-0.4, -0.2) is 37.0 Å². The zero-order chi connectivity index (χ0) is 16.5. The number of carbonyl (C=O) groups is 1. The molecule has 4 rings (SSSR count). The molecule has 1 aliphatic rings. The SMILES string of the molecule is CN1CCC[C@@H](NC(=O)c2ccc3cc4ccccc4cc3c2)C1. The zero-order valence-electron chi connectivity index (χ0n) is 14.0. The minimum atomic E-state index is 0.0327. The lowest BCUT2D eigenvalue weighted by atomic mass is 10.0. The van der Waals surface area contributed by atoms with Gasteiger partial charge >= 0.3 is 0 Å². The Morgan fingerprint density at radius 2 is 1.71 bits per heavy atom. The van der Waals surface area contributed by atoms with Crippen molar-refractivity contribution in [1.82, 2.24) is 10.2 Å². The Balaban J connectivity index is 1.61. The van der Waals surface area contributed by atoms with E-state index in [0.717, 1.165) is 36.9 Å². The van der Waals surface area contributed by atoms with Crippen LogP contribution in [0.1, 0.15) is 23.2 Å². The van der Waals surface area contributed by atoms with Gasteiger partial charge in [-0.2, -0.15) is 0 Å². The summed E-state index contributed by atoms with van der Waals surface area (Å²) in [5.74, 6) is 0.0327. The Morgan fingerprint density at radius 3 is 2.46 bits per heavy atom. The largest absolute Gasteiger partial charge is 0.348 e. The fourth-order valence-corrected chi connectivity index (χ4v) is 3.63. The smallest absolute Gasteiger partial charge is 0.251 e. The quantitative estimate of drug-likeness (QED) is 0.729. The summed E-state index contributed by atoms with van der Waals surface area (Å²) in [6.07, 6.45) is 2.21. The van der Waals surface area contributed by atoms with E-state index in [1.54, 1.807) is 0 Å². The molecule has 1 amide bonds. The Labute approximate surface area is 142 Å². The molecule has 3 aromatic rings. The monoisotopic (exact) mass is 318 g/mol. The number of likely N-dealkylation sites (tertiary alicyclic amines) is 1. The number of amides is 1. The standard InChI is InChI=1S/C21H22N2O/c1-23-10-4-7-20(14-23)22-21(24)18-9-8-17-11-15-5-2-3-6-16(15)12-19(17)13-18/h2-3,5-6,8-9,11-13,20H,4,7,10,14H2,1H3,(H,22,24)/t20-/m1/s1. The third-order valence-corrected chi connectivity index (χ3v) is 4.93. The molecule has 0 aliphatic carbocycles. The van der Waals surface area contributed by atoms with E-state index in [1.165, 1.54) is 16.2 Å². The van der Waals surface area contributed by atoms with E-state index >= 15 is 0 Å². The average molecular weight is 318 g/mol. The number of hydrogen-bond acceptors (Lipinski definition) is 2. The second-order valence-corrected chi connectivity index (χ2v) is 6.84. The van der Waals surface area contributed by atoms with E-state index < -0.39 is 0 Å². The van der Waals surface area contributed by atoms with Crippen LogP contribution in [0.15, 0.2) is 54.6 Å². The molecular formula is C21H22N2O. The van der Waals surface area contributed by atoms with Gasteiger partial charge in [0.15, 0.2) is 0 Å². The van der Waals surface area contributed by atoms with Crippen LogP contribution in [0.25, 0.3) is 21.5 Å². The number of likely N-dealkylation sites (N-methyl/N-ethyl adjacent to an activating group) is 1. The van der Waals surface area contributed by atoms with E-state index in [-0.39, 0.29) is 11.9 Å². The van der Waals surface area contributed by atoms with Crippen molar-refractivity contribution in [3.8, 4) is 0 Å². The molecule has 1 saturated heterocycles. The van der Waals surface area contributed by atoms with Gasteiger partial charge in [-0.3, -0.25) is 4.79 Å². The number of fused-ring (bicyclic) bond motifs is 2. The van der Waals surface area contributed by atoms with Crippen LogP contribution in [0.4, 0.5) is 0 Å². The highest BCUT2D eigenvalue weighted by atomic mass is 16.1. The predicted octanol–water partition coefficient (Wildman–Crippen LogP) is 3.82. The van der Waals surface area contributed by atoms with Gasteiger partial charge in [0.1, 0.15) is 0 Å². The van der Waals surface area contributed by atoms with Crippen LogP contribution < -0.4 is 5.32 Å². The molecule has 0 spiro atoms. The summed E-state index contributed by atoms with van der Waals surface area (Å²) in [5, 5.41) is 7.90. The van der Waals surface area contributed by atoms with Gasteiger partial charge in [-0.15, -0.1) is 0 Å². The maximum atomic E-state index is 12.6. The Kier molecular flexibility index (Phi) is 3.95. The minimum absolute atomic E-state index is 0.0327. The molecule has 0 unspecified atom stereocenters. The van der Waals surface area contributed by atoms with Gasteiger partial charge in [0.2, 0.25) is 0 Å². The lowest BCUT2D eigenvalue weighted by molar-refractivity contribution is 0.0912. The molecule has 1 aliphatic heterocycles. The molecule has 24 heavy (non-hydrogen) atoms. The van der Waals surface area contributed by atoms with Crippen LogP contribution in [0.5, 0.6) is 0 Å². The topological polar surface area (TPSA) is 32.3 Å². The predicted molar refractivity (Wildman–Crippen MR) is 99.4 cm³/mol. The van der Waals surface area contributed by atoms with Crippen molar-refractivity contribution < 1.29 is 4.79 Å². The third-order valence-electron chi connectivity index (χ3n) is 4.93. The first-order valence-corrected chi connectivity index (χ1v) is 8.61. The molecule has 0 aromatic heterocycles. The fourth-order valence-electron chi connectivity index (χ4n) is 3.63. The van der Waals surface area contributed by atoms with E-state index in [2.05, 4.69) is 47.6 Å². The summed E-state index contributed by atoms with van der Waals surface area (Å²) in [5.41, 5.74) is 0.742. The van der Waals surface area contributed by atoms with Gasteiger partial charge in [-0.25, -0.2) is 0 Å². The first-order chi connectivity index (χ1) is 11.7. The summed E-state index contributed by atoms with van der Waals surface area (Å²) in [6.45, 7) is 2.05. The highest BCUT2D eigenvalue weighted by Gasteiger charge is 2.19. The normalized spacial score (nSPS) is 18.8. The van der Waals surface area contributed by atoms with Crippen molar-refractivity contribution in [3.05, 3.63) is 60.2 Å². The molecule has 3 heteroatoms. The molecule has 0 bridgehead atoms. The summed E-state index contributed by atoms with van der Waals surface area (Å²) < 4.78 is 0. The van der Waals surface area contributed by atoms with Crippen LogP contribution in [-0.2, 0) is 0 Å². The van der Waals surface area contributed by atoms with Crippen molar-refractivity contribution in [2.45, 2.75) is 18.9 Å². The number of hydrogen-bond donors (Lipinski definition) is 1. The van der Waals surface area contributed by atoms with Gasteiger partial charge in [0.05, 0.1) is 0 Å². The van der Waals surface area contributed by atoms with Crippen LogP contribution >= 0.6 is 0 Å². The molecule has 1 fully saturated rings. The van der Waals surface area contributed by atoms with Gasteiger partial charge in [0, 0.05) is 18.2 Å². The number of nitrogens with one attached hydrogen (secondary N) is 1. The molecule has 122 valence electrons. The summed E-state index contributed by atoms with van der Waals surface area (Å²) in [7, 11) is 2.11. The highest BCUT2D eigenvalue weighted by molar-refractivity contribution is 6.03. The highest BCUT2D eigenvalue weighted by Crippen LogP contribution is 2.24. The van der Waals surface area contributed by atoms with Gasteiger partial charge in [-0.05, 0) is 72.2 Å². The number of benzene rings is 3. The van der Waals surface area contributed by atoms with E-state index in [0.29, 0.717) is 0 Å². The molecule has 1 heterocycles.